The van der Waals surface area contributed by atoms with Gasteiger partial charge >= 0.3 is 0 Å². The monoisotopic (exact) mass is 637 g/mol. The maximum absolute atomic E-state index is 5.15. The molecule has 0 N–H and O–H groups in total. The molecule has 0 unspecified atom stereocenters. The van der Waals surface area contributed by atoms with Crippen LogP contribution in [0.3, 0.4) is 0 Å². The molecule has 3 heteroatoms. The van der Waals surface area contributed by atoms with Crippen molar-refractivity contribution in [1.29, 1.82) is 0 Å². The summed E-state index contributed by atoms with van der Waals surface area (Å²) in [7, 11) is 0. The molecule has 8 aromatic carbocycles. The fourth-order valence-electron chi connectivity index (χ4n) is 6.83. The first-order chi connectivity index (χ1) is 24.8. The first-order valence-electron chi connectivity index (χ1n) is 16.9. The van der Waals surface area contributed by atoms with Crippen LogP contribution in [0.1, 0.15) is 0 Å². The molecule has 0 bridgehead atoms. The molecule has 0 aliphatic heterocycles. The highest BCUT2D eigenvalue weighted by Crippen LogP contribution is 2.38. The van der Waals surface area contributed by atoms with Gasteiger partial charge in [-0.05, 0) is 61.0 Å². The predicted octanol–water partition coefficient (Wildman–Crippen LogP) is 12.2. The molecule has 9 rings (SSSR count). The minimum atomic E-state index is 0.638. The van der Waals surface area contributed by atoms with Crippen LogP contribution in [-0.4, -0.2) is 15.0 Å². The van der Waals surface area contributed by atoms with E-state index < -0.39 is 0 Å². The van der Waals surface area contributed by atoms with E-state index in [2.05, 4.69) is 176 Å². The van der Waals surface area contributed by atoms with Crippen molar-refractivity contribution in [2.24, 2.45) is 0 Å². The molecule has 0 spiro atoms. The van der Waals surface area contributed by atoms with E-state index in [9.17, 15) is 0 Å². The van der Waals surface area contributed by atoms with Crippen molar-refractivity contribution in [3.8, 4) is 67.5 Å². The van der Waals surface area contributed by atoms with Crippen molar-refractivity contribution in [1.82, 2.24) is 15.0 Å². The first-order valence-corrected chi connectivity index (χ1v) is 16.9. The van der Waals surface area contributed by atoms with Crippen molar-refractivity contribution in [2.45, 2.75) is 0 Å². The highest BCUT2D eigenvalue weighted by Gasteiger charge is 2.17. The molecule has 0 radical (unpaired) electrons. The van der Waals surface area contributed by atoms with Crippen LogP contribution in [0.2, 0.25) is 0 Å². The highest BCUT2D eigenvalue weighted by molar-refractivity contribution is 6.09. The van der Waals surface area contributed by atoms with Gasteiger partial charge in [-0.25, -0.2) is 15.0 Å². The molecular formula is C47H31N3. The van der Waals surface area contributed by atoms with Crippen LogP contribution in [0.5, 0.6) is 0 Å². The van der Waals surface area contributed by atoms with Gasteiger partial charge in [-0.2, -0.15) is 0 Å². The van der Waals surface area contributed by atoms with E-state index in [0.29, 0.717) is 17.5 Å². The van der Waals surface area contributed by atoms with Gasteiger partial charge in [0.2, 0.25) is 0 Å². The summed E-state index contributed by atoms with van der Waals surface area (Å²) in [5.41, 5.74) is 9.88. The lowest BCUT2D eigenvalue weighted by Gasteiger charge is -2.14. The summed E-state index contributed by atoms with van der Waals surface area (Å²) in [5.74, 6) is 1.92. The Hall–Kier alpha value is -6.71. The summed E-state index contributed by atoms with van der Waals surface area (Å²) in [6.07, 6.45) is 0. The van der Waals surface area contributed by atoms with Crippen LogP contribution in [0.25, 0.3) is 89.1 Å². The Morgan fingerprint density at radius 1 is 0.220 bits per heavy atom. The number of nitrogens with zero attached hydrogens (tertiary/aromatic N) is 3. The van der Waals surface area contributed by atoms with Crippen molar-refractivity contribution >= 4 is 21.5 Å². The predicted molar refractivity (Wildman–Crippen MR) is 207 cm³/mol. The van der Waals surface area contributed by atoms with E-state index in [1.807, 2.05) is 12.1 Å². The number of hydrogen-bond donors (Lipinski definition) is 0. The Balaban J connectivity index is 1.20. The van der Waals surface area contributed by atoms with E-state index in [1.54, 1.807) is 0 Å². The lowest BCUT2D eigenvalue weighted by Crippen LogP contribution is -2.01. The molecule has 234 valence electrons. The summed E-state index contributed by atoms with van der Waals surface area (Å²) in [6, 6.07) is 65.8. The van der Waals surface area contributed by atoms with Crippen molar-refractivity contribution in [3.05, 3.63) is 188 Å². The molecule has 1 aromatic heterocycles. The molecule has 0 aliphatic rings. The van der Waals surface area contributed by atoms with Crippen molar-refractivity contribution < 1.29 is 0 Å². The van der Waals surface area contributed by atoms with Gasteiger partial charge < -0.3 is 0 Å². The molecule has 1 heterocycles. The molecule has 9 aromatic rings. The fraction of sp³-hybridized carbons (Fsp3) is 0. The zero-order valence-corrected chi connectivity index (χ0v) is 27.2. The number of fused-ring (bicyclic) bond motifs is 2. The summed E-state index contributed by atoms with van der Waals surface area (Å²) >= 11 is 0. The van der Waals surface area contributed by atoms with Gasteiger partial charge in [-0.15, -0.1) is 0 Å². The molecule has 0 aliphatic carbocycles. The maximum atomic E-state index is 5.15. The van der Waals surface area contributed by atoms with Crippen molar-refractivity contribution in [3.63, 3.8) is 0 Å². The van der Waals surface area contributed by atoms with Crippen LogP contribution >= 0.6 is 0 Å². The Morgan fingerprint density at radius 2 is 0.600 bits per heavy atom. The number of aromatic nitrogens is 3. The first kappa shape index (κ1) is 29.4. The topological polar surface area (TPSA) is 38.7 Å². The van der Waals surface area contributed by atoms with E-state index in [1.165, 1.54) is 33.0 Å². The summed E-state index contributed by atoms with van der Waals surface area (Å²) < 4.78 is 0. The Bertz CT molecular complexity index is 2510. The molecule has 0 fully saturated rings. The van der Waals surface area contributed by atoms with Gasteiger partial charge in [0, 0.05) is 16.7 Å². The average molecular weight is 638 g/mol. The molecule has 3 nitrogen and oxygen atoms in total. The summed E-state index contributed by atoms with van der Waals surface area (Å²) in [6.45, 7) is 0. The molecule has 0 saturated carbocycles. The third-order valence-corrected chi connectivity index (χ3v) is 9.38. The third-order valence-electron chi connectivity index (χ3n) is 9.38. The van der Waals surface area contributed by atoms with Gasteiger partial charge in [0.25, 0.3) is 0 Å². The van der Waals surface area contributed by atoms with E-state index in [0.717, 1.165) is 38.6 Å². The van der Waals surface area contributed by atoms with E-state index in [-0.39, 0.29) is 0 Å². The summed E-state index contributed by atoms with van der Waals surface area (Å²) in [4.78, 5) is 15.4. The van der Waals surface area contributed by atoms with Crippen LogP contribution in [0.15, 0.2) is 188 Å². The second kappa shape index (κ2) is 12.7. The molecule has 50 heavy (non-hydrogen) atoms. The Kier molecular flexibility index (Phi) is 7.49. The normalized spacial score (nSPS) is 11.2. The number of hydrogen-bond acceptors (Lipinski definition) is 3. The van der Waals surface area contributed by atoms with Crippen LogP contribution in [0.4, 0.5) is 0 Å². The zero-order chi connectivity index (χ0) is 33.3. The largest absolute Gasteiger partial charge is 0.208 e. The maximum Gasteiger partial charge on any atom is 0.164 e. The molecule has 0 saturated heterocycles. The minimum Gasteiger partial charge on any atom is -0.208 e. The van der Waals surface area contributed by atoms with E-state index in [4.69, 9.17) is 15.0 Å². The lowest BCUT2D eigenvalue weighted by atomic mass is 9.92. The minimum absolute atomic E-state index is 0.638. The zero-order valence-electron chi connectivity index (χ0n) is 27.2. The average Bonchev–Trinajstić information content (AvgIpc) is 3.21. The molecule has 0 atom stereocenters. The van der Waals surface area contributed by atoms with Gasteiger partial charge in [-0.3, -0.25) is 0 Å². The third kappa shape index (κ3) is 5.51. The van der Waals surface area contributed by atoms with Gasteiger partial charge in [-0.1, -0.05) is 182 Å². The molecular weight excluding hydrogens is 607 g/mol. The quantitative estimate of drug-likeness (QED) is 0.182. The lowest BCUT2D eigenvalue weighted by molar-refractivity contribution is 1.08. The number of benzene rings is 8. The smallest absolute Gasteiger partial charge is 0.164 e. The fourth-order valence-corrected chi connectivity index (χ4v) is 6.83. The van der Waals surface area contributed by atoms with Gasteiger partial charge in [0.1, 0.15) is 0 Å². The Morgan fingerprint density at radius 3 is 1.18 bits per heavy atom. The summed E-state index contributed by atoms with van der Waals surface area (Å²) in [5, 5.41) is 4.71. The van der Waals surface area contributed by atoms with Crippen LogP contribution in [0, 0.1) is 0 Å². The second-order valence-electron chi connectivity index (χ2n) is 12.4. The standard InChI is InChI=1S/C47H31N3/c1-3-12-32(13-4-1)34-22-26-37(27-23-34)45-48-46(38-28-24-35(25-29-38)33-14-5-2-6-15-33)50-47(49-45)44-31-30-43(41-19-9-10-20-42(41)44)40-21-11-17-36-16-7-8-18-39(36)40/h1-31H. The van der Waals surface area contributed by atoms with E-state index >= 15 is 0 Å². The van der Waals surface area contributed by atoms with Gasteiger partial charge in [0.15, 0.2) is 17.5 Å². The van der Waals surface area contributed by atoms with Crippen LogP contribution < -0.4 is 0 Å². The SMILES string of the molecule is c1ccc(-c2ccc(-c3nc(-c4ccc(-c5ccccc5)cc4)nc(-c4ccc(-c5cccc6ccccc56)c5ccccc45)n3)cc2)cc1. The van der Waals surface area contributed by atoms with Crippen molar-refractivity contribution in [2.75, 3.05) is 0 Å². The number of rotatable bonds is 6. The van der Waals surface area contributed by atoms with Crippen LogP contribution in [-0.2, 0) is 0 Å². The second-order valence-corrected chi connectivity index (χ2v) is 12.4. The molecule has 0 amide bonds. The Labute approximate surface area is 291 Å². The highest BCUT2D eigenvalue weighted by atomic mass is 15.0. The van der Waals surface area contributed by atoms with Gasteiger partial charge in [0.05, 0.1) is 0 Å².